The first kappa shape index (κ1) is 16.8. The molecule has 0 unspecified atom stereocenters. The Morgan fingerprint density at radius 3 is 2.73 bits per heavy atom. The van der Waals surface area contributed by atoms with Crippen LogP contribution < -0.4 is 10.2 Å². The molecule has 1 aromatic rings. The van der Waals surface area contributed by atoms with Gasteiger partial charge in [0.05, 0.1) is 0 Å². The summed E-state index contributed by atoms with van der Waals surface area (Å²) < 4.78 is 0. The normalized spacial score (nSPS) is 14.5. The van der Waals surface area contributed by atoms with E-state index in [0.29, 0.717) is 0 Å². The number of rotatable bonds is 7. The smallest absolute Gasteiger partial charge is 0.198 e. The highest BCUT2D eigenvalue weighted by molar-refractivity contribution is 5.97. The average Bonchev–Trinajstić information content (AvgIpc) is 2.98. The van der Waals surface area contributed by atoms with Crippen molar-refractivity contribution in [2.24, 2.45) is 4.99 Å². The maximum Gasteiger partial charge on any atom is 0.198 e. The van der Waals surface area contributed by atoms with Crippen LogP contribution in [-0.2, 0) is 6.42 Å². The van der Waals surface area contributed by atoms with E-state index in [1.165, 1.54) is 11.3 Å². The highest BCUT2D eigenvalue weighted by atomic mass is 15.3. The molecular formula is C18H30N4. The number of fused-ring (bicyclic) bond motifs is 1. The van der Waals surface area contributed by atoms with Crippen LogP contribution in [0.5, 0.6) is 0 Å². The number of anilines is 1. The molecule has 2 rings (SSSR count). The summed E-state index contributed by atoms with van der Waals surface area (Å²) in [4.78, 5) is 9.62. The van der Waals surface area contributed by atoms with Crippen molar-refractivity contribution in [3.8, 4) is 0 Å². The predicted molar refractivity (Wildman–Crippen MR) is 95.9 cm³/mol. The van der Waals surface area contributed by atoms with Crippen LogP contribution in [0.4, 0.5) is 5.69 Å². The van der Waals surface area contributed by atoms with Crippen molar-refractivity contribution >= 4 is 11.6 Å². The van der Waals surface area contributed by atoms with Gasteiger partial charge < -0.3 is 15.1 Å². The van der Waals surface area contributed by atoms with Gasteiger partial charge in [0.1, 0.15) is 0 Å². The van der Waals surface area contributed by atoms with Crippen molar-refractivity contribution in [3.63, 3.8) is 0 Å². The third-order valence-corrected chi connectivity index (χ3v) is 4.27. The fourth-order valence-electron chi connectivity index (χ4n) is 2.97. The molecular weight excluding hydrogens is 272 g/mol. The number of benzene rings is 1. The largest absolute Gasteiger partial charge is 0.356 e. The maximum absolute atomic E-state index is 4.84. The lowest BCUT2D eigenvalue weighted by molar-refractivity contribution is 0.302. The molecule has 0 radical (unpaired) electrons. The maximum atomic E-state index is 4.84. The third-order valence-electron chi connectivity index (χ3n) is 4.27. The molecule has 0 saturated carbocycles. The first-order valence-electron chi connectivity index (χ1n) is 8.66. The van der Waals surface area contributed by atoms with Crippen molar-refractivity contribution < 1.29 is 0 Å². The lowest BCUT2D eigenvalue weighted by Gasteiger charge is -2.22. The van der Waals surface area contributed by atoms with Gasteiger partial charge in [-0.1, -0.05) is 32.0 Å². The Hall–Kier alpha value is -1.55. The molecule has 1 aliphatic rings. The lowest BCUT2D eigenvalue weighted by atomic mass is 10.2. The minimum absolute atomic E-state index is 0.886. The summed E-state index contributed by atoms with van der Waals surface area (Å²) in [6, 6.07) is 8.65. The van der Waals surface area contributed by atoms with Gasteiger partial charge in [0.25, 0.3) is 0 Å². The van der Waals surface area contributed by atoms with Crippen LogP contribution in [0.3, 0.4) is 0 Å². The minimum atomic E-state index is 0.886. The molecule has 1 N–H and O–H groups in total. The quantitative estimate of drug-likeness (QED) is 0.477. The highest BCUT2D eigenvalue weighted by Gasteiger charge is 2.22. The number of nitrogens with one attached hydrogen (secondary N) is 1. The van der Waals surface area contributed by atoms with E-state index in [2.05, 4.69) is 60.2 Å². The van der Waals surface area contributed by atoms with Gasteiger partial charge in [0.15, 0.2) is 5.96 Å². The molecule has 22 heavy (non-hydrogen) atoms. The van der Waals surface area contributed by atoms with Gasteiger partial charge in [-0.25, -0.2) is 0 Å². The van der Waals surface area contributed by atoms with Crippen molar-refractivity contribution in [2.45, 2.75) is 33.6 Å². The molecule has 0 fully saturated rings. The zero-order valence-electron chi connectivity index (χ0n) is 14.3. The van der Waals surface area contributed by atoms with Gasteiger partial charge in [0.2, 0.25) is 0 Å². The number of hydrogen-bond acceptors (Lipinski definition) is 2. The zero-order chi connectivity index (χ0) is 15.8. The summed E-state index contributed by atoms with van der Waals surface area (Å²) in [6.07, 6.45) is 2.23. The van der Waals surface area contributed by atoms with Crippen LogP contribution in [0.1, 0.15) is 32.8 Å². The summed E-state index contributed by atoms with van der Waals surface area (Å²) >= 11 is 0. The molecule has 0 saturated heterocycles. The summed E-state index contributed by atoms with van der Waals surface area (Å²) in [7, 11) is 0. The number of aliphatic imine (C=N–C) groups is 1. The summed E-state index contributed by atoms with van der Waals surface area (Å²) in [6.45, 7) is 12.8. The Morgan fingerprint density at radius 2 is 2.00 bits per heavy atom. The Morgan fingerprint density at radius 1 is 1.23 bits per heavy atom. The molecule has 1 aromatic carbocycles. The molecule has 0 bridgehead atoms. The minimum Gasteiger partial charge on any atom is -0.356 e. The second kappa shape index (κ2) is 8.79. The Bertz CT molecular complexity index is 480. The molecule has 1 aliphatic heterocycles. The lowest BCUT2D eigenvalue weighted by Crippen LogP contribution is -2.40. The van der Waals surface area contributed by atoms with E-state index < -0.39 is 0 Å². The van der Waals surface area contributed by atoms with Crippen molar-refractivity contribution in [3.05, 3.63) is 29.8 Å². The summed E-state index contributed by atoms with van der Waals surface area (Å²) in [5.41, 5.74) is 2.74. The van der Waals surface area contributed by atoms with Crippen LogP contribution in [0.25, 0.3) is 0 Å². The monoisotopic (exact) mass is 302 g/mol. The number of para-hydroxylation sites is 1. The fraction of sp³-hybridized carbons (Fsp3) is 0.611. The first-order valence-corrected chi connectivity index (χ1v) is 8.66. The summed E-state index contributed by atoms with van der Waals surface area (Å²) in [5.74, 6) is 1.03. The second-order valence-electron chi connectivity index (χ2n) is 5.65. The van der Waals surface area contributed by atoms with Crippen molar-refractivity contribution in [1.82, 2.24) is 10.2 Å². The Labute approximate surface area is 135 Å². The van der Waals surface area contributed by atoms with Crippen LogP contribution >= 0.6 is 0 Å². The van der Waals surface area contributed by atoms with Gasteiger partial charge in [-0.15, -0.1) is 0 Å². The molecule has 4 nitrogen and oxygen atoms in total. The molecule has 0 aromatic heterocycles. The van der Waals surface area contributed by atoms with E-state index in [9.17, 15) is 0 Å². The topological polar surface area (TPSA) is 30.9 Å². The highest BCUT2D eigenvalue weighted by Crippen LogP contribution is 2.27. The first-order chi connectivity index (χ1) is 10.8. The van der Waals surface area contributed by atoms with Crippen LogP contribution in [0.2, 0.25) is 0 Å². The Balaban J connectivity index is 1.97. The van der Waals surface area contributed by atoms with E-state index >= 15 is 0 Å². The SMILES string of the molecule is CCNC(=NCCCN(CC)CC)N1CCc2ccccc21. The predicted octanol–water partition coefficient (Wildman–Crippen LogP) is 2.75. The molecule has 0 amide bonds. The van der Waals surface area contributed by atoms with Gasteiger partial charge >= 0.3 is 0 Å². The van der Waals surface area contributed by atoms with Gasteiger partial charge in [0, 0.05) is 25.3 Å². The van der Waals surface area contributed by atoms with Crippen LogP contribution in [0, 0.1) is 0 Å². The van der Waals surface area contributed by atoms with Crippen molar-refractivity contribution in [1.29, 1.82) is 0 Å². The molecule has 4 heteroatoms. The Kier molecular flexibility index (Phi) is 6.72. The third kappa shape index (κ3) is 4.23. The molecule has 122 valence electrons. The van der Waals surface area contributed by atoms with E-state index in [1.807, 2.05) is 0 Å². The van der Waals surface area contributed by atoms with Crippen molar-refractivity contribution in [2.75, 3.05) is 44.2 Å². The van der Waals surface area contributed by atoms with E-state index in [-0.39, 0.29) is 0 Å². The van der Waals surface area contributed by atoms with Gasteiger partial charge in [-0.3, -0.25) is 4.99 Å². The van der Waals surface area contributed by atoms with Gasteiger partial charge in [-0.2, -0.15) is 0 Å². The van der Waals surface area contributed by atoms with E-state index in [0.717, 1.165) is 58.1 Å². The van der Waals surface area contributed by atoms with E-state index in [1.54, 1.807) is 0 Å². The fourth-order valence-corrected chi connectivity index (χ4v) is 2.97. The molecule has 0 atom stereocenters. The number of nitrogens with zero attached hydrogens (tertiary/aromatic N) is 3. The second-order valence-corrected chi connectivity index (χ2v) is 5.65. The van der Waals surface area contributed by atoms with Crippen LogP contribution in [0.15, 0.2) is 29.3 Å². The molecule has 1 heterocycles. The standard InChI is InChI=1S/C18H30N4/c1-4-19-18(20-13-9-14-21(5-2)6-3)22-15-12-16-10-7-8-11-17(16)22/h7-8,10-11H,4-6,9,12-15H2,1-3H3,(H,19,20). The van der Waals surface area contributed by atoms with Crippen LogP contribution in [-0.4, -0.2) is 50.1 Å². The average molecular weight is 302 g/mol. The number of guanidine groups is 1. The number of hydrogen-bond donors (Lipinski definition) is 1. The van der Waals surface area contributed by atoms with E-state index in [4.69, 9.17) is 4.99 Å². The summed E-state index contributed by atoms with van der Waals surface area (Å²) in [5, 5.41) is 3.44. The zero-order valence-corrected chi connectivity index (χ0v) is 14.3. The van der Waals surface area contributed by atoms with Gasteiger partial charge in [-0.05, 0) is 51.0 Å². The molecule has 0 spiro atoms. The molecule has 0 aliphatic carbocycles.